The first-order valence-electron chi connectivity index (χ1n) is 12.4. The number of hydrogen-bond acceptors (Lipinski definition) is 2. The summed E-state index contributed by atoms with van der Waals surface area (Å²) in [6.45, 7) is 9.01. The van der Waals surface area contributed by atoms with E-state index in [9.17, 15) is 0 Å². The van der Waals surface area contributed by atoms with Gasteiger partial charge in [-0.05, 0) is 73.0 Å². The van der Waals surface area contributed by atoms with E-state index in [1.807, 2.05) is 0 Å². The van der Waals surface area contributed by atoms with Gasteiger partial charge in [-0.25, -0.2) is 0 Å². The van der Waals surface area contributed by atoms with Crippen molar-refractivity contribution >= 4 is 5.57 Å². The molecule has 0 aromatic heterocycles. The maximum atomic E-state index is 6.14. The number of hydrogen-bond donors (Lipinski definition) is 1. The first-order valence-corrected chi connectivity index (χ1v) is 12.4. The van der Waals surface area contributed by atoms with Crippen molar-refractivity contribution < 1.29 is 4.74 Å². The van der Waals surface area contributed by atoms with Crippen LogP contribution in [0, 0.1) is 0 Å². The topological polar surface area (TPSA) is 21.3 Å². The molecule has 0 bridgehead atoms. The van der Waals surface area contributed by atoms with Crippen molar-refractivity contribution in [2.45, 2.75) is 51.5 Å². The van der Waals surface area contributed by atoms with Gasteiger partial charge in [-0.1, -0.05) is 91.9 Å². The molecular weight excluding hydrogens is 402 g/mol. The molecule has 0 saturated carbocycles. The third-order valence-corrected chi connectivity index (χ3v) is 6.72. The van der Waals surface area contributed by atoms with Crippen LogP contribution in [0.5, 0.6) is 0 Å². The lowest BCUT2D eigenvalue weighted by Crippen LogP contribution is -2.38. The van der Waals surface area contributed by atoms with E-state index in [1.54, 1.807) is 0 Å². The van der Waals surface area contributed by atoms with Crippen LogP contribution in [0.25, 0.3) is 5.57 Å². The summed E-state index contributed by atoms with van der Waals surface area (Å²) in [7, 11) is 0. The van der Waals surface area contributed by atoms with Gasteiger partial charge in [-0.2, -0.15) is 0 Å². The Hall–Kier alpha value is -2.68. The van der Waals surface area contributed by atoms with Gasteiger partial charge in [0.2, 0.25) is 0 Å². The zero-order chi connectivity index (χ0) is 23.1. The molecule has 0 aliphatic heterocycles. The Morgan fingerprint density at radius 2 is 1.48 bits per heavy atom. The molecule has 2 nitrogen and oxygen atoms in total. The summed E-state index contributed by atoms with van der Waals surface area (Å²) in [5, 5.41) is 3.64. The second-order valence-corrected chi connectivity index (χ2v) is 9.29. The second-order valence-electron chi connectivity index (χ2n) is 9.29. The van der Waals surface area contributed by atoms with E-state index in [4.69, 9.17) is 4.74 Å². The van der Waals surface area contributed by atoms with Gasteiger partial charge >= 0.3 is 0 Å². The number of ether oxygens (including phenoxy) is 1. The summed E-state index contributed by atoms with van der Waals surface area (Å²) < 4.78 is 6.14. The predicted molar refractivity (Wildman–Crippen MR) is 140 cm³/mol. The fraction of sp³-hybridized carbons (Fsp3) is 0.355. The van der Waals surface area contributed by atoms with E-state index in [1.165, 1.54) is 33.4 Å². The molecule has 1 N–H and O–H groups in total. The molecule has 2 atom stereocenters. The highest BCUT2D eigenvalue weighted by molar-refractivity contribution is 5.80. The molecule has 0 radical (unpaired) electrons. The fourth-order valence-corrected chi connectivity index (χ4v) is 5.39. The van der Waals surface area contributed by atoms with Crippen molar-refractivity contribution in [3.8, 4) is 0 Å². The quantitative estimate of drug-likeness (QED) is 0.364. The molecule has 2 heteroatoms. The number of fused-ring (bicyclic) bond motifs is 1. The fourth-order valence-electron chi connectivity index (χ4n) is 5.39. The summed E-state index contributed by atoms with van der Waals surface area (Å²) in [4.78, 5) is 0. The van der Waals surface area contributed by atoms with Gasteiger partial charge in [-0.15, -0.1) is 0 Å². The molecule has 0 spiro atoms. The second kappa shape index (κ2) is 11.0. The third kappa shape index (κ3) is 5.46. The van der Waals surface area contributed by atoms with Gasteiger partial charge < -0.3 is 10.1 Å². The van der Waals surface area contributed by atoms with Gasteiger partial charge in [0.05, 0.1) is 6.61 Å². The maximum Gasteiger partial charge on any atom is 0.0598 e. The zero-order valence-electron chi connectivity index (χ0n) is 20.3. The summed E-state index contributed by atoms with van der Waals surface area (Å²) in [6.07, 6.45) is 5.47. The Labute approximate surface area is 199 Å². The summed E-state index contributed by atoms with van der Waals surface area (Å²) in [6, 6.07) is 29.0. The standard InChI is InChI=1S/C31H37NO/c1-4-32-24(3)21-31(23-33-5-2)22-28(20-26-15-10-7-11-16-26)30-27(17-12-18-29(30)31)19-25-13-8-6-9-14-25/h6-18,22,24,32H,4-5,19-21,23H2,1-3H3. The molecule has 3 aromatic carbocycles. The van der Waals surface area contributed by atoms with Gasteiger partial charge in [0.1, 0.15) is 0 Å². The SMILES string of the molecule is CCNC(C)CC1(COCC)C=C(Cc2ccccc2)c2c(Cc3ccccc3)cccc21. The molecule has 0 saturated heterocycles. The molecule has 0 fully saturated rings. The van der Waals surface area contributed by atoms with Gasteiger partial charge in [0, 0.05) is 18.1 Å². The van der Waals surface area contributed by atoms with Crippen molar-refractivity contribution in [1.29, 1.82) is 0 Å². The Kier molecular flexibility index (Phi) is 7.80. The van der Waals surface area contributed by atoms with Crippen LogP contribution >= 0.6 is 0 Å². The van der Waals surface area contributed by atoms with Crippen LogP contribution in [0.15, 0.2) is 84.9 Å². The normalized spacial score (nSPS) is 18.1. The Balaban J connectivity index is 1.81. The number of allylic oxidation sites excluding steroid dienone is 1. The van der Waals surface area contributed by atoms with E-state index >= 15 is 0 Å². The molecule has 172 valence electrons. The van der Waals surface area contributed by atoms with Crippen LogP contribution < -0.4 is 5.32 Å². The zero-order valence-corrected chi connectivity index (χ0v) is 20.3. The monoisotopic (exact) mass is 439 g/mol. The predicted octanol–water partition coefficient (Wildman–Crippen LogP) is 6.58. The van der Waals surface area contributed by atoms with Crippen molar-refractivity contribution in [2.24, 2.45) is 0 Å². The average Bonchev–Trinajstić information content (AvgIpc) is 3.13. The Morgan fingerprint density at radius 1 is 0.818 bits per heavy atom. The lowest BCUT2D eigenvalue weighted by molar-refractivity contribution is 0.103. The van der Waals surface area contributed by atoms with Crippen LogP contribution in [0.2, 0.25) is 0 Å². The van der Waals surface area contributed by atoms with Crippen LogP contribution in [-0.2, 0) is 23.0 Å². The molecule has 3 aromatic rings. The largest absolute Gasteiger partial charge is 0.380 e. The summed E-state index contributed by atoms with van der Waals surface area (Å²) >= 11 is 0. The molecule has 33 heavy (non-hydrogen) atoms. The van der Waals surface area contributed by atoms with E-state index < -0.39 is 0 Å². The third-order valence-electron chi connectivity index (χ3n) is 6.72. The molecule has 0 amide bonds. The smallest absolute Gasteiger partial charge is 0.0598 e. The molecule has 0 heterocycles. The van der Waals surface area contributed by atoms with Crippen LogP contribution in [-0.4, -0.2) is 25.8 Å². The first-order chi connectivity index (χ1) is 16.1. The number of benzene rings is 3. The van der Waals surface area contributed by atoms with E-state index in [-0.39, 0.29) is 5.41 Å². The minimum atomic E-state index is -0.107. The van der Waals surface area contributed by atoms with Crippen LogP contribution in [0.1, 0.15) is 55.0 Å². The molecule has 1 aliphatic rings. The number of nitrogens with one attached hydrogen (secondary N) is 1. The lowest BCUT2D eigenvalue weighted by atomic mass is 9.77. The highest BCUT2D eigenvalue weighted by atomic mass is 16.5. The van der Waals surface area contributed by atoms with Crippen molar-refractivity contribution in [1.82, 2.24) is 5.32 Å². The van der Waals surface area contributed by atoms with Crippen LogP contribution in [0.3, 0.4) is 0 Å². The number of rotatable bonds is 11. The Bertz CT molecular complexity index is 1060. The molecular formula is C31H37NO. The summed E-state index contributed by atoms with van der Waals surface area (Å²) in [5.74, 6) is 0. The average molecular weight is 440 g/mol. The highest BCUT2D eigenvalue weighted by Crippen LogP contribution is 2.47. The van der Waals surface area contributed by atoms with E-state index in [0.29, 0.717) is 6.04 Å². The van der Waals surface area contributed by atoms with Gasteiger partial charge in [0.25, 0.3) is 0 Å². The maximum absolute atomic E-state index is 6.14. The summed E-state index contributed by atoms with van der Waals surface area (Å²) in [5.41, 5.74) is 8.32. The molecule has 2 unspecified atom stereocenters. The van der Waals surface area contributed by atoms with Gasteiger partial charge in [0.15, 0.2) is 0 Å². The Morgan fingerprint density at radius 3 is 2.12 bits per heavy atom. The lowest BCUT2D eigenvalue weighted by Gasteiger charge is -2.32. The minimum Gasteiger partial charge on any atom is -0.380 e. The van der Waals surface area contributed by atoms with E-state index in [2.05, 4.69) is 111 Å². The first kappa shape index (κ1) is 23.5. The van der Waals surface area contributed by atoms with Crippen molar-refractivity contribution in [2.75, 3.05) is 19.8 Å². The highest BCUT2D eigenvalue weighted by Gasteiger charge is 2.40. The van der Waals surface area contributed by atoms with Gasteiger partial charge in [-0.3, -0.25) is 0 Å². The van der Waals surface area contributed by atoms with Crippen LogP contribution in [0.4, 0.5) is 0 Å². The molecule has 4 rings (SSSR count). The van der Waals surface area contributed by atoms with Crippen molar-refractivity contribution in [3.05, 3.63) is 113 Å². The van der Waals surface area contributed by atoms with Crippen molar-refractivity contribution in [3.63, 3.8) is 0 Å². The molecule has 1 aliphatic carbocycles. The van der Waals surface area contributed by atoms with E-state index in [0.717, 1.165) is 39.0 Å². The minimum absolute atomic E-state index is 0.107.